The Bertz CT molecular complexity index is 1430. The van der Waals surface area contributed by atoms with Crippen molar-refractivity contribution in [2.75, 3.05) is 13.2 Å². The molecule has 0 unspecified atom stereocenters. The maximum absolute atomic E-state index is 14.2. The van der Waals surface area contributed by atoms with Crippen molar-refractivity contribution >= 4 is 23.4 Å². The number of rotatable bonds is 11. The molecule has 0 saturated carbocycles. The quantitative estimate of drug-likeness (QED) is 0.226. The fourth-order valence-electron chi connectivity index (χ4n) is 4.75. The Morgan fingerprint density at radius 3 is 2.25 bits per heavy atom. The molecule has 2 N–H and O–H groups in total. The van der Waals surface area contributed by atoms with E-state index in [2.05, 4.69) is 5.32 Å². The van der Waals surface area contributed by atoms with Crippen molar-refractivity contribution in [1.29, 1.82) is 0 Å². The molecule has 1 aliphatic rings. The lowest BCUT2D eigenvalue weighted by Gasteiger charge is -2.31. The minimum Gasteiger partial charge on any atom is -0.494 e. The summed E-state index contributed by atoms with van der Waals surface area (Å²) in [5.41, 5.74) is 2.27. The SMILES string of the molecule is O=C(NCc1ccc(Cl)cc1)[C@]1(Cc2ccccc2)N=C(c2ccc(OCCCO)cc2)O[C@@H]1c1ccccc1. The van der Waals surface area contributed by atoms with Crippen molar-refractivity contribution < 1.29 is 19.4 Å². The Labute approximate surface area is 239 Å². The van der Waals surface area contributed by atoms with Crippen LogP contribution >= 0.6 is 11.6 Å². The maximum Gasteiger partial charge on any atom is 0.252 e. The smallest absolute Gasteiger partial charge is 0.252 e. The van der Waals surface area contributed by atoms with Crippen LogP contribution in [0.25, 0.3) is 0 Å². The van der Waals surface area contributed by atoms with Crippen molar-refractivity contribution in [3.05, 3.63) is 136 Å². The van der Waals surface area contributed by atoms with Crippen LogP contribution in [0.1, 0.15) is 34.8 Å². The number of hydrogen-bond donors (Lipinski definition) is 2. The number of ether oxygens (including phenoxy) is 2. The molecule has 5 rings (SSSR count). The van der Waals surface area contributed by atoms with Crippen molar-refractivity contribution in [3.63, 3.8) is 0 Å². The molecule has 0 bridgehead atoms. The molecule has 2 atom stereocenters. The number of nitrogens with zero attached hydrogens (tertiary/aromatic N) is 1. The molecule has 0 fully saturated rings. The highest BCUT2D eigenvalue weighted by molar-refractivity contribution is 6.30. The van der Waals surface area contributed by atoms with E-state index in [0.717, 1.165) is 22.3 Å². The summed E-state index contributed by atoms with van der Waals surface area (Å²) in [6, 6.07) is 34.5. The second kappa shape index (κ2) is 12.8. The van der Waals surface area contributed by atoms with Gasteiger partial charge in [0.1, 0.15) is 5.75 Å². The molecule has 0 saturated heterocycles. The first kappa shape index (κ1) is 27.4. The van der Waals surface area contributed by atoms with Gasteiger partial charge in [-0.25, -0.2) is 4.99 Å². The summed E-state index contributed by atoms with van der Waals surface area (Å²) in [6.45, 7) is 0.837. The zero-order chi connectivity index (χ0) is 27.8. The number of aliphatic hydroxyl groups excluding tert-OH is 1. The van der Waals surface area contributed by atoms with Gasteiger partial charge in [-0.2, -0.15) is 0 Å². The monoisotopic (exact) mass is 554 g/mol. The fraction of sp³-hybridized carbons (Fsp3) is 0.212. The fourth-order valence-corrected chi connectivity index (χ4v) is 4.88. The molecule has 7 heteroatoms. The van der Waals surface area contributed by atoms with Crippen LogP contribution in [-0.2, 0) is 22.5 Å². The highest BCUT2D eigenvalue weighted by Crippen LogP contribution is 2.42. The second-order valence-corrected chi connectivity index (χ2v) is 10.1. The van der Waals surface area contributed by atoms with E-state index in [9.17, 15) is 4.79 Å². The molecule has 6 nitrogen and oxygen atoms in total. The average molecular weight is 555 g/mol. The van der Waals surface area contributed by atoms with Gasteiger partial charge >= 0.3 is 0 Å². The van der Waals surface area contributed by atoms with E-state index < -0.39 is 11.6 Å². The summed E-state index contributed by atoms with van der Waals surface area (Å²) in [6.07, 6.45) is 0.268. The molecule has 0 aromatic heterocycles. The third-order valence-corrected chi connectivity index (χ3v) is 7.07. The van der Waals surface area contributed by atoms with Gasteiger partial charge in [0, 0.05) is 36.6 Å². The molecule has 40 heavy (non-hydrogen) atoms. The number of aliphatic hydroxyl groups is 1. The van der Waals surface area contributed by atoms with Crippen LogP contribution in [0.3, 0.4) is 0 Å². The summed E-state index contributed by atoms with van der Waals surface area (Å²) in [5, 5.41) is 12.8. The van der Waals surface area contributed by atoms with Gasteiger partial charge in [-0.05, 0) is 53.1 Å². The van der Waals surface area contributed by atoms with Crippen molar-refractivity contribution in [2.45, 2.75) is 31.0 Å². The highest BCUT2D eigenvalue weighted by atomic mass is 35.5. The van der Waals surface area contributed by atoms with E-state index in [-0.39, 0.29) is 12.5 Å². The van der Waals surface area contributed by atoms with E-state index >= 15 is 0 Å². The van der Waals surface area contributed by atoms with E-state index in [1.807, 2.05) is 109 Å². The minimum absolute atomic E-state index is 0.0766. The van der Waals surface area contributed by atoms with Crippen LogP contribution in [0.5, 0.6) is 5.75 Å². The van der Waals surface area contributed by atoms with E-state index in [0.29, 0.717) is 42.7 Å². The van der Waals surface area contributed by atoms with Crippen LogP contribution in [0.4, 0.5) is 0 Å². The van der Waals surface area contributed by atoms with Crippen molar-refractivity contribution in [1.82, 2.24) is 5.32 Å². The molecule has 4 aromatic rings. The first-order chi connectivity index (χ1) is 19.6. The van der Waals surface area contributed by atoms with Gasteiger partial charge in [-0.1, -0.05) is 84.4 Å². The lowest BCUT2D eigenvalue weighted by molar-refractivity contribution is -0.129. The van der Waals surface area contributed by atoms with Crippen LogP contribution < -0.4 is 10.1 Å². The topological polar surface area (TPSA) is 80.2 Å². The van der Waals surface area contributed by atoms with E-state index in [1.54, 1.807) is 0 Å². The predicted octanol–water partition coefficient (Wildman–Crippen LogP) is 5.92. The Hall–Kier alpha value is -4.13. The zero-order valence-corrected chi connectivity index (χ0v) is 22.8. The van der Waals surface area contributed by atoms with Gasteiger partial charge in [0.2, 0.25) is 5.90 Å². The summed E-state index contributed by atoms with van der Waals surface area (Å²) in [7, 11) is 0. The number of amides is 1. The Balaban J connectivity index is 1.52. The zero-order valence-electron chi connectivity index (χ0n) is 22.0. The number of carbonyl (C=O) groups is 1. The van der Waals surface area contributed by atoms with Crippen LogP contribution in [0, 0.1) is 0 Å². The largest absolute Gasteiger partial charge is 0.494 e. The number of nitrogens with one attached hydrogen (secondary N) is 1. The highest BCUT2D eigenvalue weighted by Gasteiger charge is 2.53. The van der Waals surface area contributed by atoms with E-state index in [1.165, 1.54) is 0 Å². The average Bonchev–Trinajstić information content (AvgIpc) is 3.38. The van der Waals surface area contributed by atoms with Crippen molar-refractivity contribution in [3.8, 4) is 5.75 Å². The van der Waals surface area contributed by atoms with E-state index in [4.69, 9.17) is 31.2 Å². The van der Waals surface area contributed by atoms with Gasteiger partial charge in [0.25, 0.3) is 5.91 Å². The Morgan fingerprint density at radius 1 is 0.900 bits per heavy atom. The molecular formula is C33H31ClN2O4. The molecular weight excluding hydrogens is 524 g/mol. The summed E-state index contributed by atoms with van der Waals surface area (Å²) in [4.78, 5) is 19.3. The number of carbonyl (C=O) groups excluding carboxylic acids is 1. The predicted molar refractivity (Wildman–Crippen MR) is 157 cm³/mol. The first-order valence-electron chi connectivity index (χ1n) is 13.3. The standard InChI is InChI=1S/C33H31ClN2O4/c34-28-16-12-25(13-17-28)23-35-32(38)33(22-24-8-3-1-4-9-24)30(26-10-5-2-6-11-26)40-31(36-33)27-14-18-29(19-15-27)39-21-7-20-37/h1-6,8-19,30,37H,7,20-23H2,(H,35,38)/t30-,33-/m1/s1. The van der Waals surface area contributed by atoms with Gasteiger partial charge in [0.05, 0.1) is 6.61 Å². The maximum atomic E-state index is 14.2. The number of benzene rings is 4. The number of aliphatic imine (C=N–C) groups is 1. The normalized spacial score (nSPS) is 18.1. The molecule has 0 spiro atoms. The summed E-state index contributed by atoms with van der Waals surface area (Å²) >= 11 is 6.05. The number of hydrogen-bond acceptors (Lipinski definition) is 5. The molecule has 1 amide bonds. The molecule has 1 aliphatic heterocycles. The lowest BCUT2D eigenvalue weighted by Crippen LogP contribution is -2.49. The Kier molecular flexibility index (Phi) is 8.79. The minimum atomic E-state index is -1.25. The van der Waals surface area contributed by atoms with Gasteiger partial charge in [0.15, 0.2) is 11.6 Å². The summed E-state index contributed by atoms with van der Waals surface area (Å²) in [5.74, 6) is 0.860. The number of halogens is 1. The first-order valence-corrected chi connectivity index (χ1v) is 13.7. The second-order valence-electron chi connectivity index (χ2n) is 9.67. The van der Waals surface area contributed by atoms with Gasteiger partial charge in [-0.15, -0.1) is 0 Å². The summed E-state index contributed by atoms with van der Waals surface area (Å²) < 4.78 is 12.2. The van der Waals surface area contributed by atoms with Crippen LogP contribution in [0.15, 0.2) is 114 Å². The van der Waals surface area contributed by atoms with Crippen LogP contribution in [0.2, 0.25) is 5.02 Å². The van der Waals surface area contributed by atoms with Crippen molar-refractivity contribution in [2.24, 2.45) is 4.99 Å². The van der Waals surface area contributed by atoms with Gasteiger partial charge in [-0.3, -0.25) is 4.79 Å². The third kappa shape index (κ3) is 6.36. The molecule has 204 valence electrons. The van der Waals surface area contributed by atoms with Gasteiger partial charge < -0.3 is 19.9 Å². The molecule has 0 radical (unpaired) electrons. The molecule has 1 heterocycles. The van der Waals surface area contributed by atoms with Crippen LogP contribution in [-0.4, -0.2) is 35.7 Å². The lowest BCUT2D eigenvalue weighted by atomic mass is 9.82. The molecule has 0 aliphatic carbocycles. The Morgan fingerprint density at radius 2 is 1.57 bits per heavy atom. The molecule has 4 aromatic carbocycles. The third-order valence-electron chi connectivity index (χ3n) is 6.82.